The van der Waals surface area contributed by atoms with Gasteiger partial charge in [0.15, 0.2) is 0 Å². The second-order valence-electron chi connectivity index (χ2n) is 10.9. The zero-order valence-corrected chi connectivity index (χ0v) is 22.5. The van der Waals surface area contributed by atoms with Gasteiger partial charge >= 0.3 is 0 Å². The topological polar surface area (TPSA) is 85.8 Å². The molecule has 1 aliphatic heterocycles. The van der Waals surface area contributed by atoms with E-state index >= 15 is 0 Å². The largest absolute Gasteiger partial charge is 0.341 e. The molecule has 2 amide bonds. The Balaban J connectivity index is 1.65. The van der Waals surface area contributed by atoms with E-state index in [1.165, 1.54) is 6.92 Å². The zero-order valence-electron chi connectivity index (χ0n) is 21.6. The van der Waals surface area contributed by atoms with Crippen LogP contribution in [0.15, 0.2) is 53.5 Å². The third-order valence-corrected chi connectivity index (χ3v) is 7.72. The number of para-hydroxylation sites is 1. The third kappa shape index (κ3) is 5.14. The van der Waals surface area contributed by atoms with Crippen LogP contribution in [0.4, 0.5) is 11.4 Å². The van der Waals surface area contributed by atoms with E-state index in [9.17, 15) is 9.59 Å². The second-order valence-corrected chi connectivity index (χ2v) is 11.2. The van der Waals surface area contributed by atoms with E-state index in [1.54, 1.807) is 12.1 Å². The number of hydrogen-bond acceptors (Lipinski definition) is 4. The Morgan fingerprint density at radius 3 is 2.25 bits per heavy atom. The maximum absolute atomic E-state index is 12.4. The number of nitrogens with one attached hydrogen (secondary N) is 3. The first-order valence-corrected chi connectivity index (χ1v) is 12.8. The average Bonchev–Trinajstić information content (AvgIpc) is 3.08. The minimum atomic E-state index is -0.376. The first-order valence-electron chi connectivity index (χ1n) is 12.4. The number of thiocarbonyl (C=S) groups is 1. The van der Waals surface area contributed by atoms with Gasteiger partial charge in [0, 0.05) is 23.9 Å². The molecule has 7 nitrogen and oxygen atoms in total. The molecule has 4 rings (SSSR count). The minimum Gasteiger partial charge on any atom is -0.341 e. The minimum absolute atomic E-state index is 0.245. The summed E-state index contributed by atoms with van der Waals surface area (Å²) in [6.07, 6.45) is 4.01. The zero-order chi connectivity index (χ0) is 26.1. The van der Waals surface area contributed by atoms with Crippen molar-refractivity contribution >= 4 is 46.4 Å². The van der Waals surface area contributed by atoms with Gasteiger partial charge < -0.3 is 10.2 Å². The Bertz CT molecular complexity index is 1190. The van der Waals surface area contributed by atoms with Crippen molar-refractivity contribution in [1.82, 2.24) is 10.9 Å². The lowest BCUT2D eigenvalue weighted by molar-refractivity contribution is -0.119. The molecule has 0 bridgehead atoms. The highest BCUT2D eigenvalue weighted by atomic mass is 32.1. The molecule has 0 saturated heterocycles. The number of anilines is 2. The number of hydrazine groups is 1. The number of nitrogens with zero attached hydrogens (tertiary/aromatic N) is 2. The lowest BCUT2D eigenvalue weighted by Gasteiger charge is -2.47. The maximum atomic E-state index is 12.4. The summed E-state index contributed by atoms with van der Waals surface area (Å²) >= 11 is 5.83. The van der Waals surface area contributed by atoms with Crippen LogP contribution in [0.25, 0.3) is 0 Å². The monoisotopic (exact) mass is 505 g/mol. The Kier molecular flexibility index (Phi) is 7.18. The van der Waals surface area contributed by atoms with Crippen molar-refractivity contribution < 1.29 is 9.59 Å². The van der Waals surface area contributed by atoms with Gasteiger partial charge in [-0.2, -0.15) is 0 Å². The fraction of sp³-hybridized carbons (Fsp3) is 0.429. The SMILES string of the molecule is CC(=O)NNC(=O)c1ccc(N2C(=S)N=C(Nc3ccccc3C)C23CCC(C(C)(C)C)CC3)cc1. The molecule has 8 heteroatoms. The fourth-order valence-corrected chi connectivity index (χ4v) is 5.65. The lowest BCUT2D eigenvalue weighted by Crippen LogP contribution is -2.56. The summed E-state index contributed by atoms with van der Waals surface area (Å²) < 4.78 is 0. The van der Waals surface area contributed by atoms with Crippen LogP contribution >= 0.6 is 12.2 Å². The summed E-state index contributed by atoms with van der Waals surface area (Å²) in [5.41, 5.74) is 8.12. The number of rotatable bonds is 3. The summed E-state index contributed by atoms with van der Waals surface area (Å²) in [5, 5.41) is 4.15. The molecular formula is C28H35N5O2S. The summed E-state index contributed by atoms with van der Waals surface area (Å²) in [4.78, 5) is 30.5. The molecule has 1 fully saturated rings. The number of carbonyl (C=O) groups is 2. The molecule has 1 heterocycles. The number of carbonyl (C=O) groups excluding carboxylic acids is 2. The predicted molar refractivity (Wildman–Crippen MR) is 149 cm³/mol. The Labute approximate surface area is 218 Å². The molecule has 0 atom stereocenters. The molecule has 0 unspecified atom stereocenters. The highest BCUT2D eigenvalue weighted by molar-refractivity contribution is 7.80. The molecule has 0 radical (unpaired) electrons. The number of amides is 2. The normalized spacial score (nSPS) is 21.8. The standard InChI is InChI=1S/C28H35N5O2S/c1-18-8-6-7-9-23(18)29-25-28(16-14-21(15-17-28)27(3,4)5)33(26(36)30-25)22-12-10-20(11-13-22)24(35)32-31-19(2)34/h6-13,21H,14-17H2,1-5H3,(H,31,34)(H,32,35)(H,29,30,36). The average molecular weight is 506 g/mol. The van der Waals surface area contributed by atoms with E-state index in [0.717, 1.165) is 48.5 Å². The van der Waals surface area contributed by atoms with Crippen LogP contribution in [0, 0.1) is 18.3 Å². The quantitative estimate of drug-likeness (QED) is 0.386. The van der Waals surface area contributed by atoms with Gasteiger partial charge in [-0.05, 0) is 92.1 Å². The van der Waals surface area contributed by atoms with Crippen molar-refractivity contribution in [2.75, 3.05) is 10.2 Å². The highest BCUT2D eigenvalue weighted by Gasteiger charge is 2.51. The van der Waals surface area contributed by atoms with Crippen molar-refractivity contribution in [3.63, 3.8) is 0 Å². The van der Waals surface area contributed by atoms with E-state index in [4.69, 9.17) is 17.2 Å². The number of aliphatic imine (C=N–C) groups is 1. The predicted octanol–water partition coefficient (Wildman–Crippen LogP) is 5.37. The van der Waals surface area contributed by atoms with E-state index in [2.05, 4.69) is 60.9 Å². The van der Waals surface area contributed by atoms with Crippen LogP contribution in [-0.2, 0) is 4.79 Å². The van der Waals surface area contributed by atoms with Crippen LogP contribution in [0.1, 0.15) is 69.3 Å². The van der Waals surface area contributed by atoms with Gasteiger partial charge in [-0.15, -0.1) is 0 Å². The van der Waals surface area contributed by atoms with Crippen molar-refractivity contribution in [2.24, 2.45) is 16.3 Å². The lowest BCUT2D eigenvalue weighted by atomic mass is 9.66. The molecule has 1 spiro atoms. The van der Waals surface area contributed by atoms with Gasteiger partial charge in [0.25, 0.3) is 5.91 Å². The highest BCUT2D eigenvalue weighted by Crippen LogP contribution is 2.48. The van der Waals surface area contributed by atoms with Gasteiger partial charge in [0.1, 0.15) is 11.4 Å². The van der Waals surface area contributed by atoms with Gasteiger partial charge in [-0.1, -0.05) is 39.0 Å². The Hall–Kier alpha value is -3.26. The number of hydrogen-bond donors (Lipinski definition) is 3. The third-order valence-electron chi connectivity index (χ3n) is 7.44. The number of amidine groups is 1. The van der Waals surface area contributed by atoms with E-state index in [0.29, 0.717) is 16.6 Å². The van der Waals surface area contributed by atoms with Gasteiger partial charge in [0.2, 0.25) is 11.0 Å². The summed E-state index contributed by atoms with van der Waals surface area (Å²) in [6, 6.07) is 15.5. The molecular weight excluding hydrogens is 470 g/mol. The molecule has 1 aliphatic carbocycles. The van der Waals surface area contributed by atoms with Gasteiger partial charge in [-0.3, -0.25) is 20.4 Å². The van der Waals surface area contributed by atoms with Gasteiger partial charge in [0.05, 0.1) is 0 Å². The Morgan fingerprint density at radius 1 is 1.03 bits per heavy atom. The smallest absolute Gasteiger partial charge is 0.269 e. The van der Waals surface area contributed by atoms with Crippen molar-refractivity contribution in [3.05, 3.63) is 59.7 Å². The first kappa shape index (κ1) is 25.8. The van der Waals surface area contributed by atoms with E-state index < -0.39 is 0 Å². The van der Waals surface area contributed by atoms with Crippen LogP contribution < -0.4 is 21.1 Å². The fourth-order valence-electron chi connectivity index (χ4n) is 5.28. The van der Waals surface area contributed by atoms with Crippen LogP contribution in [0.5, 0.6) is 0 Å². The van der Waals surface area contributed by atoms with E-state index in [-0.39, 0.29) is 22.8 Å². The Morgan fingerprint density at radius 2 is 1.67 bits per heavy atom. The summed E-state index contributed by atoms with van der Waals surface area (Å²) in [6.45, 7) is 10.4. The van der Waals surface area contributed by atoms with Crippen molar-refractivity contribution in [1.29, 1.82) is 0 Å². The molecule has 1 saturated carbocycles. The van der Waals surface area contributed by atoms with Crippen molar-refractivity contribution in [3.8, 4) is 0 Å². The van der Waals surface area contributed by atoms with Crippen molar-refractivity contribution in [2.45, 2.75) is 65.8 Å². The number of benzene rings is 2. The molecule has 2 aromatic rings. The second kappa shape index (κ2) is 10.0. The molecule has 2 aliphatic rings. The maximum Gasteiger partial charge on any atom is 0.269 e. The van der Waals surface area contributed by atoms with Gasteiger partial charge in [-0.25, -0.2) is 4.99 Å². The molecule has 0 aromatic heterocycles. The summed E-state index contributed by atoms with van der Waals surface area (Å²) in [7, 11) is 0. The molecule has 190 valence electrons. The van der Waals surface area contributed by atoms with E-state index in [1.807, 2.05) is 24.3 Å². The molecule has 36 heavy (non-hydrogen) atoms. The molecule has 2 aromatic carbocycles. The summed E-state index contributed by atoms with van der Waals surface area (Å²) in [5.74, 6) is 0.806. The number of aryl methyl sites for hydroxylation is 1. The first-order chi connectivity index (χ1) is 17.0. The van der Waals surface area contributed by atoms with Crippen LogP contribution in [-0.4, -0.2) is 28.3 Å². The molecule has 3 N–H and O–H groups in total. The van der Waals surface area contributed by atoms with Crippen LogP contribution in [0.2, 0.25) is 0 Å². The van der Waals surface area contributed by atoms with Crippen LogP contribution in [0.3, 0.4) is 0 Å².